The van der Waals surface area contributed by atoms with E-state index >= 15 is 0 Å². The number of ether oxygens (including phenoxy) is 4. The lowest BCUT2D eigenvalue weighted by atomic mass is 9.99. The topological polar surface area (TPSA) is 152 Å². The Kier molecular flexibility index (Phi) is 30.7. The summed E-state index contributed by atoms with van der Waals surface area (Å²) in [6.07, 6.45) is 25.1. The van der Waals surface area contributed by atoms with E-state index in [1.54, 1.807) is 0 Å². The molecule has 300 valence electrons. The van der Waals surface area contributed by atoms with Crippen molar-refractivity contribution in [3.8, 4) is 0 Å². The maximum Gasteiger partial charge on any atom is 0.306 e. The minimum absolute atomic E-state index is 0.204. The third-order valence-electron chi connectivity index (χ3n) is 9.65. The molecule has 0 aliphatic carbocycles. The first-order chi connectivity index (χ1) is 24.8. The van der Waals surface area contributed by atoms with Gasteiger partial charge in [-0.2, -0.15) is 0 Å². The third kappa shape index (κ3) is 25.2. The number of hydrogen-bond donors (Lipinski definition) is 4. The van der Waals surface area contributed by atoms with Crippen LogP contribution in [0.5, 0.6) is 0 Å². The third-order valence-corrected chi connectivity index (χ3v) is 9.65. The van der Waals surface area contributed by atoms with Crippen LogP contribution in [0.3, 0.4) is 0 Å². The smallest absolute Gasteiger partial charge is 0.306 e. The van der Waals surface area contributed by atoms with Gasteiger partial charge < -0.3 is 39.4 Å². The lowest BCUT2D eigenvalue weighted by molar-refractivity contribution is -0.305. The van der Waals surface area contributed by atoms with Crippen molar-refractivity contribution in [2.75, 3.05) is 19.8 Å². The van der Waals surface area contributed by atoms with E-state index in [4.69, 9.17) is 18.9 Å². The number of carbonyl (C=O) groups excluding carboxylic acids is 2. The van der Waals surface area contributed by atoms with E-state index in [9.17, 15) is 30.0 Å². The highest BCUT2D eigenvalue weighted by molar-refractivity contribution is 5.70. The molecule has 0 amide bonds. The molecule has 0 bridgehead atoms. The predicted molar refractivity (Wildman–Crippen MR) is 201 cm³/mol. The molecule has 0 radical (unpaired) electrons. The molecule has 0 saturated carbocycles. The van der Waals surface area contributed by atoms with Gasteiger partial charge in [-0.25, -0.2) is 0 Å². The first kappa shape index (κ1) is 47.5. The predicted octanol–water partition coefficient (Wildman–Crippen LogP) is 8.00. The zero-order chi connectivity index (χ0) is 37.4. The minimum Gasteiger partial charge on any atom is -0.462 e. The first-order valence-electron chi connectivity index (χ1n) is 20.8. The summed E-state index contributed by atoms with van der Waals surface area (Å²) in [4.78, 5) is 25.2. The Balaban J connectivity index is 2.38. The number of aliphatic hydroxyl groups is 4. The summed E-state index contributed by atoms with van der Waals surface area (Å²) < 4.78 is 22.1. The van der Waals surface area contributed by atoms with Crippen LogP contribution in [0.15, 0.2) is 12.2 Å². The number of carbonyl (C=O) groups is 2. The van der Waals surface area contributed by atoms with Crippen LogP contribution >= 0.6 is 0 Å². The van der Waals surface area contributed by atoms with Crippen molar-refractivity contribution in [3.63, 3.8) is 0 Å². The van der Waals surface area contributed by atoms with E-state index in [1.807, 2.05) is 0 Å². The largest absolute Gasteiger partial charge is 0.462 e. The van der Waals surface area contributed by atoms with E-state index in [2.05, 4.69) is 26.0 Å². The van der Waals surface area contributed by atoms with Gasteiger partial charge in [-0.1, -0.05) is 142 Å². The molecule has 10 heteroatoms. The number of allylic oxidation sites excluding steroid dienone is 2. The second-order valence-corrected chi connectivity index (χ2v) is 14.4. The van der Waals surface area contributed by atoms with Gasteiger partial charge in [0.25, 0.3) is 0 Å². The summed E-state index contributed by atoms with van der Waals surface area (Å²) in [5, 5.41) is 39.9. The molecular formula is C41H76O10. The average molecular weight is 729 g/mol. The number of hydrogen-bond acceptors (Lipinski definition) is 10. The number of unbranched alkanes of at least 4 members (excludes halogenated alkanes) is 21. The van der Waals surface area contributed by atoms with Gasteiger partial charge in [-0.05, 0) is 38.5 Å². The summed E-state index contributed by atoms with van der Waals surface area (Å²) in [6, 6.07) is 0. The Morgan fingerprint density at radius 1 is 0.588 bits per heavy atom. The highest BCUT2D eigenvalue weighted by atomic mass is 16.7. The van der Waals surface area contributed by atoms with Gasteiger partial charge in [0.1, 0.15) is 31.0 Å². The monoisotopic (exact) mass is 729 g/mol. The van der Waals surface area contributed by atoms with Crippen molar-refractivity contribution >= 4 is 11.9 Å². The molecule has 51 heavy (non-hydrogen) atoms. The molecule has 1 heterocycles. The summed E-state index contributed by atoms with van der Waals surface area (Å²) in [5.41, 5.74) is 0. The Morgan fingerprint density at radius 3 is 1.57 bits per heavy atom. The molecule has 0 aromatic carbocycles. The second kappa shape index (κ2) is 33.0. The van der Waals surface area contributed by atoms with Crippen LogP contribution in [0.1, 0.15) is 181 Å². The molecule has 2 unspecified atom stereocenters. The molecular weight excluding hydrogens is 652 g/mol. The van der Waals surface area contributed by atoms with E-state index < -0.39 is 49.4 Å². The number of rotatable bonds is 34. The molecule has 0 aromatic heterocycles. The summed E-state index contributed by atoms with van der Waals surface area (Å²) >= 11 is 0. The lowest BCUT2D eigenvalue weighted by Crippen LogP contribution is -2.59. The zero-order valence-electron chi connectivity index (χ0n) is 32.4. The van der Waals surface area contributed by atoms with Gasteiger partial charge in [-0.15, -0.1) is 0 Å². The SMILES string of the molecule is CCCCCCCCCCC/C=C/CCCCC(=O)O[C@H](COC(=O)CCCCCCCCCCCCC)CO[C@@H]1O[C@H](CO)[C@H](O)C(O)C1O. The maximum atomic E-state index is 12.7. The molecule has 1 rings (SSSR count). The highest BCUT2D eigenvalue weighted by Crippen LogP contribution is 2.22. The molecule has 1 aliphatic rings. The Bertz CT molecular complexity index is 850. The molecule has 1 aliphatic heterocycles. The molecule has 1 fully saturated rings. The molecule has 10 nitrogen and oxygen atoms in total. The minimum atomic E-state index is -1.59. The van der Waals surface area contributed by atoms with Gasteiger partial charge in [0, 0.05) is 12.8 Å². The molecule has 6 atom stereocenters. The summed E-state index contributed by atoms with van der Waals surface area (Å²) in [6.45, 7) is 3.39. The van der Waals surface area contributed by atoms with Crippen LogP contribution in [0.4, 0.5) is 0 Å². The van der Waals surface area contributed by atoms with Crippen molar-refractivity contribution in [2.24, 2.45) is 0 Å². The Morgan fingerprint density at radius 2 is 1.04 bits per heavy atom. The molecule has 0 spiro atoms. The van der Waals surface area contributed by atoms with Crippen molar-refractivity contribution in [2.45, 2.75) is 218 Å². The zero-order valence-corrected chi connectivity index (χ0v) is 32.4. The van der Waals surface area contributed by atoms with Gasteiger partial charge in [0.2, 0.25) is 0 Å². The normalized spacial score (nSPS) is 21.3. The van der Waals surface area contributed by atoms with Crippen molar-refractivity contribution < 1.29 is 49.0 Å². The molecule has 0 aromatic rings. The van der Waals surface area contributed by atoms with Crippen LogP contribution in [-0.2, 0) is 28.5 Å². The lowest BCUT2D eigenvalue weighted by Gasteiger charge is -2.39. The van der Waals surface area contributed by atoms with Crippen molar-refractivity contribution in [1.29, 1.82) is 0 Å². The number of aliphatic hydroxyl groups excluding tert-OH is 4. The standard InChI is InChI=1S/C41H76O10/c1-3-5-7-9-11-13-15-16-17-18-20-22-24-26-28-30-37(44)50-34(33-49-41-40(47)39(46)38(45)35(31-42)51-41)32-48-36(43)29-27-25-23-21-19-14-12-10-8-6-4-2/h20,22,34-35,38-42,45-47H,3-19,21,23-33H2,1-2H3/b22-20+/t34-,35-,38+,39?,40?,41-/m1/s1. The fourth-order valence-corrected chi connectivity index (χ4v) is 6.30. The maximum absolute atomic E-state index is 12.7. The Hall–Kier alpha value is -1.56. The first-order valence-corrected chi connectivity index (χ1v) is 20.8. The van der Waals surface area contributed by atoms with E-state index in [0.717, 1.165) is 38.5 Å². The van der Waals surface area contributed by atoms with Crippen molar-refractivity contribution in [3.05, 3.63) is 12.2 Å². The average Bonchev–Trinajstić information content (AvgIpc) is 3.13. The summed E-state index contributed by atoms with van der Waals surface area (Å²) in [5.74, 6) is -0.827. The van der Waals surface area contributed by atoms with Gasteiger partial charge >= 0.3 is 11.9 Å². The highest BCUT2D eigenvalue weighted by Gasteiger charge is 2.44. The van der Waals surface area contributed by atoms with Gasteiger partial charge in [0.15, 0.2) is 12.4 Å². The summed E-state index contributed by atoms with van der Waals surface area (Å²) in [7, 11) is 0. The van der Waals surface area contributed by atoms with Crippen LogP contribution in [0.25, 0.3) is 0 Å². The number of esters is 2. The van der Waals surface area contributed by atoms with Crippen LogP contribution < -0.4 is 0 Å². The molecule has 1 saturated heterocycles. The van der Waals surface area contributed by atoms with Gasteiger partial charge in [-0.3, -0.25) is 9.59 Å². The van der Waals surface area contributed by atoms with Crippen molar-refractivity contribution in [1.82, 2.24) is 0 Å². The van der Waals surface area contributed by atoms with Crippen LogP contribution in [0.2, 0.25) is 0 Å². The van der Waals surface area contributed by atoms with Crippen LogP contribution in [-0.4, -0.2) is 89.0 Å². The van der Waals surface area contributed by atoms with E-state index in [-0.39, 0.29) is 32.0 Å². The fraction of sp³-hybridized carbons (Fsp3) is 0.902. The Labute approximate surface area is 310 Å². The van der Waals surface area contributed by atoms with Gasteiger partial charge in [0.05, 0.1) is 13.2 Å². The second-order valence-electron chi connectivity index (χ2n) is 14.4. The molecule has 4 N–H and O–H groups in total. The van der Waals surface area contributed by atoms with E-state index in [1.165, 1.54) is 109 Å². The quantitative estimate of drug-likeness (QED) is 0.0291. The van der Waals surface area contributed by atoms with E-state index in [0.29, 0.717) is 6.42 Å². The fourth-order valence-electron chi connectivity index (χ4n) is 6.30. The van der Waals surface area contributed by atoms with Crippen LogP contribution in [0, 0.1) is 0 Å².